The first-order valence-electron chi connectivity index (χ1n) is 4.95. The molecule has 0 rings (SSSR count). The van der Waals surface area contributed by atoms with Crippen LogP contribution in [-0.2, 0) is 0 Å². The molecule has 0 aliphatic rings. The fraction of sp³-hybridized carbons (Fsp3) is 1.00. The van der Waals surface area contributed by atoms with Crippen molar-refractivity contribution >= 4 is 11.6 Å². The highest BCUT2D eigenvalue weighted by Crippen LogP contribution is 2.16. The van der Waals surface area contributed by atoms with Gasteiger partial charge in [-0.15, -0.1) is 11.6 Å². The van der Waals surface area contributed by atoms with Crippen LogP contribution in [0.4, 0.5) is 0 Å². The van der Waals surface area contributed by atoms with Crippen molar-refractivity contribution in [1.29, 1.82) is 0 Å². The van der Waals surface area contributed by atoms with E-state index in [0.717, 1.165) is 19.3 Å². The Kier molecular flexibility index (Phi) is 6.74. The minimum atomic E-state index is -0.242. The van der Waals surface area contributed by atoms with Gasteiger partial charge in [-0.05, 0) is 40.3 Å². The highest BCUT2D eigenvalue weighted by Gasteiger charge is 2.17. The summed E-state index contributed by atoms with van der Waals surface area (Å²) in [6.07, 6.45) is 2.51. The van der Waals surface area contributed by atoms with Gasteiger partial charge in [-0.3, -0.25) is 0 Å². The summed E-state index contributed by atoms with van der Waals surface area (Å²) in [5.74, 6) is 0. The fourth-order valence-electron chi connectivity index (χ4n) is 1.37. The van der Waals surface area contributed by atoms with Gasteiger partial charge in [0.25, 0.3) is 0 Å². The normalized spacial score (nSPS) is 18.7. The summed E-state index contributed by atoms with van der Waals surface area (Å²) in [5, 5.41) is 9.52. The molecular weight excluding hydrogens is 186 g/mol. The van der Waals surface area contributed by atoms with Gasteiger partial charge in [-0.1, -0.05) is 6.92 Å². The molecule has 13 heavy (non-hydrogen) atoms. The van der Waals surface area contributed by atoms with Crippen LogP contribution < -0.4 is 0 Å². The molecule has 80 valence electrons. The average molecular weight is 208 g/mol. The van der Waals surface area contributed by atoms with Crippen LogP contribution in [0.15, 0.2) is 0 Å². The summed E-state index contributed by atoms with van der Waals surface area (Å²) in [6.45, 7) is 3.92. The molecular formula is C10H22ClNO. The van der Waals surface area contributed by atoms with E-state index in [9.17, 15) is 5.11 Å². The predicted molar refractivity (Wildman–Crippen MR) is 58.3 cm³/mol. The van der Waals surface area contributed by atoms with Crippen molar-refractivity contribution in [3.63, 3.8) is 0 Å². The van der Waals surface area contributed by atoms with Crippen molar-refractivity contribution in [2.45, 2.75) is 50.6 Å². The molecule has 3 atom stereocenters. The van der Waals surface area contributed by atoms with Crippen LogP contribution in [0.25, 0.3) is 0 Å². The number of nitrogens with zero attached hydrogens (tertiary/aromatic N) is 1. The Morgan fingerprint density at radius 1 is 1.31 bits per heavy atom. The molecule has 0 aliphatic carbocycles. The van der Waals surface area contributed by atoms with Gasteiger partial charge in [-0.2, -0.15) is 0 Å². The highest BCUT2D eigenvalue weighted by molar-refractivity contribution is 6.20. The minimum absolute atomic E-state index is 0.228. The Balaban J connectivity index is 3.94. The van der Waals surface area contributed by atoms with E-state index in [1.54, 1.807) is 0 Å². The quantitative estimate of drug-likeness (QED) is 0.675. The third-order valence-electron chi connectivity index (χ3n) is 2.31. The Labute approximate surface area is 86.9 Å². The molecule has 2 nitrogen and oxygen atoms in total. The van der Waals surface area contributed by atoms with Crippen molar-refractivity contribution in [3.8, 4) is 0 Å². The summed E-state index contributed by atoms with van der Waals surface area (Å²) in [7, 11) is 4.07. The maximum absolute atomic E-state index is 9.29. The maximum Gasteiger partial charge on any atom is 0.0527 e. The van der Waals surface area contributed by atoms with Gasteiger partial charge < -0.3 is 10.0 Å². The van der Waals surface area contributed by atoms with Crippen molar-refractivity contribution in [2.75, 3.05) is 14.1 Å². The Morgan fingerprint density at radius 2 is 1.85 bits per heavy atom. The van der Waals surface area contributed by atoms with Gasteiger partial charge in [0.05, 0.1) is 6.10 Å². The van der Waals surface area contributed by atoms with Crippen molar-refractivity contribution < 1.29 is 5.11 Å². The zero-order valence-electron chi connectivity index (χ0n) is 9.13. The van der Waals surface area contributed by atoms with Gasteiger partial charge in [-0.25, -0.2) is 0 Å². The third kappa shape index (κ3) is 6.30. The zero-order chi connectivity index (χ0) is 10.4. The lowest BCUT2D eigenvalue weighted by Gasteiger charge is -2.27. The molecule has 0 amide bonds. The molecule has 0 aromatic heterocycles. The van der Waals surface area contributed by atoms with E-state index >= 15 is 0 Å². The second-order valence-electron chi connectivity index (χ2n) is 3.94. The standard InChI is InChI=1S/C10H22ClNO/c1-5-9(11)7-10(12(3)4)6-8(2)13/h8-10,13H,5-7H2,1-4H3. The molecule has 1 N–H and O–H groups in total. The number of hydrogen-bond acceptors (Lipinski definition) is 2. The molecule has 3 heteroatoms. The molecule has 0 heterocycles. The number of aliphatic hydroxyl groups excluding tert-OH is 1. The molecule has 0 aromatic rings. The lowest BCUT2D eigenvalue weighted by molar-refractivity contribution is 0.133. The van der Waals surface area contributed by atoms with Gasteiger partial charge in [0.2, 0.25) is 0 Å². The van der Waals surface area contributed by atoms with E-state index in [-0.39, 0.29) is 11.5 Å². The van der Waals surface area contributed by atoms with Crippen molar-refractivity contribution in [2.24, 2.45) is 0 Å². The molecule has 3 unspecified atom stereocenters. The van der Waals surface area contributed by atoms with Crippen LogP contribution in [-0.4, -0.2) is 41.6 Å². The van der Waals surface area contributed by atoms with Gasteiger partial charge in [0.1, 0.15) is 0 Å². The fourth-order valence-corrected chi connectivity index (χ4v) is 1.58. The Morgan fingerprint density at radius 3 is 2.15 bits per heavy atom. The number of rotatable bonds is 6. The molecule has 0 fully saturated rings. The molecule has 0 spiro atoms. The number of halogens is 1. The summed E-state index contributed by atoms with van der Waals surface area (Å²) in [6, 6.07) is 0.391. The minimum Gasteiger partial charge on any atom is -0.393 e. The van der Waals surface area contributed by atoms with E-state index in [0.29, 0.717) is 6.04 Å². The Bertz CT molecular complexity index is 128. The highest BCUT2D eigenvalue weighted by atomic mass is 35.5. The third-order valence-corrected chi connectivity index (χ3v) is 2.80. The smallest absolute Gasteiger partial charge is 0.0527 e. The summed E-state index contributed by atoms with van der Waals surface area (Å²) >= 11 is 6.08. The van der Waals surface area contributed by atoms with Crippen LogP contribution in [0, 0.1) is 0 Å². The predicted octanol–water partition coefficient (Wildman–Crippen LogP) is 2.09. The molecule has 0 aliphatic heterocycles. The first-order valence-corrected chi connectivity index (χ1v) is 5.39. The van der Waals surface area contributed by atoms with E-state index < -0.39 is 0 Å². The maximum atomic E-state index is 9.29. The second kappa shape index (κ2) is 6.63. The first-order chi connectivity index (χ1) is 5.97. The molecule has 0 aromatic carbocycles. The zero-order valence-corrected chi connectivity index (χ0v) is 9.88. The number of aliphatic hydroxyl groups is 1. The van der Waals surface area contributed by atoms with Crippen LogP contribution in [0.1, 0.15) is 33.1 Å². The lowest BCUT2D eigenvalue weighted by atomic mass is 10.0. The summed E-state index contributed by atoms with van der Waals surface area (Å²) in [5.41, 5.74) is 0. The largest absolute Gasteiger partial charge is 0.393 e. The van der Waals surface area contributed by atoms with E-state index in [1.807, 2.05) is 21.0 Å². The van der Waals surface area contributed by atoms with Crippen molar-refractivity contribution in [1.82, 2.24) is 4.90 Å². The van der Waals surface area contributed by atoms with Crippen LogP contribution in [0.2, 0.25) is 0 Å². The Hall–Kier alpha value is 0.210. The van der Waals surface area contributed by atoms with Gasteiger partial charge in [0.15, 0.2) is 0 Å². The molecule has 0 saturated carbocycles. The lowest BCUT2D eigenvalue weighted by Crippen LogP contribution is -2.33. The van der Waals surface area contributed by atoms with Crippen LogP contribution >= 0.6 is 11.6 Å². The number of hydrogen-bond donors (Lipinski definition) is 1. The first kappa shape index (κ1) is 13.2. The number of alkyl halides is 1. The average Bonchev–Trinajstić information content (AvgIpc) is 2.02. The van der Waals surface area contributed by atoms with Crippen LogP contribution in [0.5, 0.6) is 0 Å². The van der Waals surface area contributed by atoms with E-state index in [1.165, 1.54) is 0 Å². The van der Waals surface area contributed by atoms with E-state index in [2.05, 4.69) is 11.8 Å². The van der Waals surface area contributed by atoms with Gasteiger partial charge >= 0.3 is 0 Å². The van der Waals surface area contributed by atoms with E-state index in [4.69, 9.17) is 11.6 Å². The SMILES string of the molecule is CCC(Cl)CC(CC(C)O)N(C)C. The van der Waals surface area contributed by atoms with Crippen LogP contribution in [0.3, 0.4) is 0 Å². The summed E-state index contributed by atoms with van der Waals surface area (Å²) < 4.78 is 0. The molecule has 0 saturated heterocycles. The topological polar surface area (TPSA) is 23.5 Å². The summed E-state index contributed by atoms with van der Waals surface area (Å²) in [4.78, 5) is 2.14. The van der Waals surface area contributed by atoms with Gasteiger partial charge in [0, 0.05) is 11.4 Å². The van der Waals surface area contributed by atoms with Crippen molar-refractivity contribution in [3.05, 3.63) is 0 Å². The monoisotopic (exact) mass is 207 g/mol. The molecule has 0 bridgehead atoms. The second-order valence-corrected chi connectivity index (χ2v) is 4.56. The molecule has 0 radical (unpaired) electrons.